The van der Waals surface area contributed by atoms with Crippen molar-refractivity contribution in [2.45, 2.75) is 0 Å². The van der Waals surface area contributed by atoms with Crippen LogP contribution in [0.2, 0.25) is 0 Å². The van der Waals surface area contributed by atoms with E-state index in [1.807, 2.05) is 18.2 Å². The Morgan fingerprint density at radius 3 is 1.10 bits per heavy atom. The van der Waals surface area contributed by atoms with Crippen LogP contribution in [0.25, 0.3) is 116 Å². The lowest BCUT2D eigenvalue weighted by molar-refractivity contribution is 1.16. The average Bonchev–Trinajstić information content (AvgIpc) is 4.03. The second kappa shape index (κ2) is 15.1. The molecule has 0 fully saturated rings. The molecule has 0 spiro atoms. The minimum Gasteiger partial charge on any atom is -0.309 e. The first-order valence-electron chi connectivity index (χ1n) is 22.5. The molecule has 5 heteroatoms. The van der Waals surface area contributed by atoms with E-state index < -0.39 is 0 Å². The lowest BCUT2D eigenvalue weighted by Gasteiger charge is -2.22. The number of nitrogens with zero attached hydrogens (tertiary/aromatic N) is 5. The predicted molar refractivity (Wildman–Crippen MR) is 275 cm³/mol. The van der Waals surface area contributed by atoms with Gasteiger partial charge in [-0.3, -0.25) is 0 Å². The number of nitriles is 2. The molecular weight excluding hydrogens is 815 g/mol. The van der Waals surface area contributed by atoms with Crippen molar-refractivity contribution in [3.05, 3.63) is 236 Å². The molecule has 67 heavy (non-hydrogen) atoms. The molecule has 0 unspecified atom stereocenters. The van der Waals surface area contributed by atoms with E-state index in [9.17, 15) is 10.5 Å². The second-order valence-corrected chi connectivity index (χ2v) is 17.1. The molecular formula is C62H37N5. The third-order valence-corrected chi connectivity index (χ3v) is 13.5. The molecule has 0 aliphatic heterocycles. The Kier molecular flexibility index (Phi) is 8.58. The molecule has 0 saturated heterocycles. The zero-order chi connectivity index (χ0) is 44.6. The summed E-state index contributed by atoms with van der Waals surface area (Å²) in [5.41, 5.74) is 16.6. The Morgan fingerprint density at radius 2 is 0.687 bits per heavy atom. The van der Waals surface area contributed by atoms with E-state index >= 15 is 0 Å². The fraction of sp³-hybridized carbons (Fsp3) is 0. The first-order valence-corrected chi connectivity index (χ1v) is 22.5. The molecule has 0 atom stereocenters. The van der Waals surface area contributed by atoms with Crippen molar-refractivity contribution in [2.24, 2.45) is 0 Å². The first-order chi connectivity index (χ1) is 33.2. The van der Waals surface area contributed by atoms with Crippen LogP contribution in [0.4, 0.5) is 0 Å². The first kappa shape index (κ1) is 38.1. The monoisotopic (exact) mass is 851 g/mol. The molecule has 0 radical (unpaired) electrons. The highest BCUT2D eigenvalue weighted by Gasteiger charge is 2.24. The minimum atomic E-state index is 0.501. The number of rotatable bonds is 6. The van der Waals surface area contributed by atoms with E-state index in [4.69, 9.17) is 0 Å². The molecule has 0 saturated carbocycles. The summed E-state index contributed by atoms with van der Waals surface area (Å²) in [5, 5.41) is 27.6. The van der Waals surface area contributed by atoms with Gasteiger partial charge in [0.1, 0.15) is 0 Å². The molecule has 3 heterocycles. The Balaban J connectivity index is 1.18. The summed E-state index contributed by atoms with van der Waals surface area (Å²) in [7, 11) is 0. The summed E-state index contributed by atoms with van der Waals surface area (Å²) in [6.07, 6.45) is 0. The van der Waals surface area contributed by atoms with Crippen LogP contribution in [0.15, 0.2) is 224 Å². The maximum atomic E-state index is 10.4. The van der Waals surface area contributed by atoms with Crippen LogP contribution in [0.5, 0.6) is 0 Å². The smallest absolute Gasteiger partial charge is 0.0998 e. The van der Waals surface area contributed by atoms with E-state index in [2.05, 4.69) is 220 Å². The molecule has 310 valence electrons. The highest BCUT2D eigenvalue weighted by molar-refractivity contribution is 6.15. The predicted octanol–water partition coefficient (Wildman–Crippen LogP) is 15.7. The van der Waals surface area contributed by atoms with Crippen molar-refractivity contribution in [1.29, 1.82) is 10.5 Å². The zero-order valence-corrected chi connectivity index (χ0v) is 36.1. The summed E-state index contributed by atoms with van der Waals surface area (Å²) in [6.45, 7) is 0. The van der Waals surface area contributed by atoms with Gasteiger partial charge in [-0.15, -0.1) is 0 Å². The maximum absolute atomic E-state index is 10.4. The molecule has 10 aromatic carbocycles. The lowest BCUT2D eigenvalue weighted by atomic mass is 9.89. The van der Waals surface area contributed by atoms with Crippen LogP contribution in [-0.4, -0.2) is 13.7 Å². The van der Waals surface area contributed by atoms with Crippen molar-refractivity contribution >= 4 is 65.4 Å². The van der Waals surface area contributed by atoms with Gasteiger partial charge >= 0.3 is 0 Å². The highest BCUT2D eigenvalue weighted by atomic mass is 15.0. The minimum absolute atomic E-state index is 0.501. The van der Waals surface area contributed by atoms with Crippen LogP contribution in [0.3, 0.4) is 0 Å². The normalized spacial score (nSPS) is 11.6. The number of hydrogen-bond donors (Lipinski definition) is 0. The van der Waals surface area contributed by atoms with Gasteiger partial charge in [-0.1, -0.05) is 133 Å². The van der Waals surface area contributed by atoms with Gasteiger partial charge in [-0.05, 0) is 108 Å². The molecule has 0 amide bonds. The van der Waals surface area contributed by atoms with E-state index in [1.165, 1.54) is 21.5 Å². The standard InChI is InChI=1S/C62H37N5/c63-38-40-27-28-43(39-64)51(33-40)44-34-52(41-15-3-1-4-16-41)62(53(35-44)42-17-5-2-6-18-42)67-60-31-29-45(65-56-23-11-7-19-47(56)48-20-8-12-24-57(48)65)36-54(60)55-37-46(30-32-61(55)67)66-58-25-13-9-21-49(58)50-22-10-14-26-59(50)66/h1-37H. The summed E-state index contributed by atoms with van der Waals surface area (Å²) in [4.78, 5) is 0. The lowest BCUT2D eigenvalue weighted by Crippen LogP contribution is -2.02. The van der Waals surface area contributed by atoms with E-state index in [0.717, 1.165) is 94.3 Å². The van der Waals surface area contributed by atoms with Crippen molar-refractivity contribution in [2.75, 3.05) is 0 Å². The maximum Gasteiger partial charge on any atom is 0.0998 e. The van der Waals surface area contributed by atoms with Gasteiger partial charge in [0.2, 0.25) is 0 Å². The molecule has 13 aromatic rings. The molecule has 0 aliphatic rings. The van der Waals surface area contributed by atoms with Crippen LogP contribution in [0, 0.1) is 22.7 Å². The number of fused-ring (bicyclic) bond motifs is 9. The summed E-state index contributed by atoms with van der Waals surface area (Å²) in [6, 6.07) is 84.0. The average molecular weight is 852 g/mol. The number of hydrogen-bond acceptors (Lipinski definition) is 2. The number of benzene rings is 10. The Bertz CT molecular complexity index is 3890. The van der Waals surface area contributed by atoms with E-state index in [0.29, 0.717) is 11.1 Å². The van der Waals surface area contributed by atoms with Gasteiger partial charge in [-0.2, -0.15) is 10.5 Å². The molecule has 0 aliphatic carbocycles. The molecule has 3 aromatic heterocycles. The van der Waals surface area contributed by atoms with Crippen LogP contribution in [-0.2, 0) is 0 Å². The van der Waals surface area contributed by atoms with Crippen molar-refractivity contribution < 1.29 is 0 Å². The summed E-state index contributed by atoms with van der Waals surface area (Å²) in [5.74, 6) is 0. The van der Waals surface area contributed by atoms with Gasteiger partial charge < -0.3 is 13.7 Å². The largest absolute Gasteiger partial charge is 0.309 e. The Hall–Kier alpha value is -9.42. The third-order valence-electron chi connectivity index (χ3n) is 13.5. The fourth-order valence-corrected chi connectivity index (χ4v) is 10.6. The van der Waals surface area contributed by atoms with Crippen molar-refractivity contribution in [1.82, 2.24) is 13.7 Å². The van der Waals surface area contributed by atoms with Gasteiger partial charge in [-0.25, -0.2) is 0 Å². The Morgan fingerprint density at radius 1 is 0.284 bits per heavy atom. The summed E-state index contributed by atoms with van der Waals surface area (Å²) < 4.78 is 7.24. The molecule has 13 rings (SSSR count). The van der Waals surface area contributed by atoms with Gasteiger partial charge in [0.15, 0.2) is 0 Å². The van der Waals surface area contributed by atoms with Gasteiger partial charge in [0.25, 0.3) is 0 Å². The quantitative estimate of drug-likeness (QED) is 0.167. The topological polar surface area (TPSA) is 62.4 Å². The fourth-order valence-electron chi connectivity index (χ4n) is 10.6. The zero-order valence-electron chi connectivity index (χ0n) is 36.1. The van der Waals surface area contributed by atoms with Gasteiger partial charge in [0.05, 0.1) is 62.1 Å². The van der Waals surface area contributed by atoms with Gasteiger partial charge in [0, 0.05) is 60.4 Å². The van der Waals surface area contributed by atoms with Crippen molar-refractivity contribution in [3.8, 4) is 62.6 Å². The van der Waals surface area contributed by atoms with Crippen LogP contribution >= 0.6 is 0 Å². The van der Waals surface area contributed by atoms with Crippen LogP contribution < -0.4 is 0 Å². The number of para-hydroxylation sites is 4. The second-order valence-electron chi connectivity index (χ2n) is 17.1. The molecule has 0 bridgehead atoms. The van der Waals surface area contributed by atoms with Crippen LogP contribution in [0.1, 0.15) is 11.1 Å². The van der Waals surface area contributed by atoms with E-state index in [-0.39, 0.29) is 0 Å². The van der Waals surface area contributed by atoms with Crippen molar-refractivity contribution in [3.63, 3.8) is 0 Å². The Labute approximate surface area is 386 Å². The third kappa shape index (κ3) is 5.86. The molecule has 5 nitrogen and oxygen atoms in total. The highest BCUT2D eigenvalue weighted by Crippen LogP contribution is 2.46. The summed E-state index contributed by atoms with van der Waals surface area (Å²) >= 11 is 0. The molecule has 0 N–H and O–H groups in total. The SMILES string of the molecule is N#Cc1ccc(C#N)c(-c2cc(-c3ccccc3)c(-n3c4ccc(-n5c6ccccc6c6ccccc65)cc4c4cc(-n5c6ccccc6c6ccccc65)ccc43)c(-c3ccccc3)c2)c1. The van der Waals surface area contributed by atoms with E-state index in [1.54, 1.807) is 12.1 Å². The number of aromatic nitrogens is 3.